The van der Waals surface area contributed by atoms with E-state index in [1.807, 2.05) is 23.4 Å². The maximum atomic E-state index is 12.1. The minimum atomic E-state index is 0.149. The van der Waals surface area contributed by atoms with E-state index < -0.39 is 0 Å². The van der Waals surface area contributed by atoms with E-state index in [9.17, 15) is 4.79 Å². The SMILES string of the molecule is CSc1nccc(N2CCC3(CCC(=O)N(CCCO)C3)CC2)n1. The van der Waals surface area contributed by atoms with Crippen molar-refractivity contribution in [1.82, 2.24) is 14.9 Å². The van der Waals surface area contributed by atoms with Crippen LogP contribution in [0.5, 0.6) is 0 Å². The first-order valence-electron chi connectivity index (χ1n) is 8.66. The number of anilines is 1. The summed E-state index contributed by atoms with van der Waals surface area (Å²) in [5.74, 6) is 1.25. The molecule has 132 valence electrons. The second-order valence-corrected chi connectivity index (χ2v) is 7.55. The van der Waals surface area contributed by atoms with Gasteiger partial charge in [0.25, 0.3) is 0 Å². The molecule has 0 atom stereocenters. The number of aromatic nitrogens is 2. The van der Waals surface area contributed by atoms with Crippen molar-refractivity contribution in [3.63, 3.8) is 0 Å². The predicted molar refractivity (Wildman–Crippen MR) is 95.2 cm³/mol. The molecule has 1 aromatic rings. The summed E-state index contributed by atoms with van der Waals surface area (Å²) in [6.45, 7) is 3.64. The van der Waals surface area contributed by atoms with E-state index in [-0.39, 0.29) is 17.9 Å². The van der Waals surface area contributed by atoms with Crippen molar-refractivity contribution in [2.24, 2.45) is 5.41 Å². The van der Waals surface area contributed by atoms with Gasteiger partial charge in [0, 0.05) is 45.4 Å². The summed E-state index contributed by atoms with van der Waals surface area (Å²) in [4.78, 5) is 25.2. The zero-order valence-corrected chi connectivity index (χ0v) is 15.1. The average molecular weight is 350 g/mol. The molecular formula is C17H26N4O2S. The molecule has 1 amide bonds. The zero-order valence-electron chi connectivity index (χ0n) is 14.3. The lowest BCUT2D eigenvalue weighted by atomic mass is 9.72. The quantitative estimate of drug-likeness (QED) is 0.645. The van der Waals surface area contributed by atoms with E-state index in [4.69, 9.17) is 5.11 Å². The standard InChI is InChI=1S/C17H26N4O2S/c1-24-16-18-8-4-14(19-16)20-10-6-17(7-11-20)5-3-15(23)21(13-17)9-2-12-22/h4,8,22H,2-3,5-7,9-13H2,1H3. The first kappa shape index (κ1) is 17.5. The summed E-state index contributed by atoms with van der Waals surface area (Å²) in [5.41, 5.74) is 0.245. The number of amides is 1. The Hall–Kier alpha value is -1.34. The van der Waals surface area contributed by atoms with Gasteiger partial charge in [0.2, 0.25) is 5.91 Å². The van der Waals surface area contributed by atoms with Crippen LogP contribution in [0.3, 0.4) is 0 Å². The van der Waals surface area contributed by atoms with E-state index in [1.54, 1.807) is 11.8 Å². The molecule has 2 aliphatic heterocycles. The van der Waals surface area contributed by atoms with Gasteiger partial charge in [-0.2, -0.15) is 0 Å². The van der Waals surface area contributed by atoms with Crippen LogP contribution < -0.4 is 4.90 Å². The number of nitrogens with zero attached hydrogens (tertiary/aromatic N) is 4. The van der Waals surface area contributed by atoms with Crippen LogP contribution in [0.15, 0.2) is 17.4 Å². The molecule has 2 saturated heterocycles. The second-order valence-electron chi connectivity index (χ2n) is 6.78. The summed E-state index contributed by atoms with van der Waals surface area (Å²) >= 11 is 1.56. The lowest BCUT2D eigenvalue weighted by molar-refractivity contribution is -0.138. The fourth-order valence-electron chi connectivity index (χ4n) is 3.79. The molecule has 0 bridgehead atoms. The van der Waals surface area contributed by atoms with Crippen molar-refractivity contribution >= 4 is 23.5 Å². The van der Waals surface area contributed by atoms with Crippen LogP contribution >= 0.6 is 11.8 Å². The topological polar surface area (TPSA) is 69.6 Å². The Kier molecular flexibility index (Phi) is 5.61. The van der Waals surface area contributed by atoms with Crippen molar-refractivity contribution in [3.8, 4) is 0 Å². The highest BCUT2D eigenvalue weighted by atomic mass is 32.2. The molecule has 3 heterocycles. The predicted octanol–water partition coefficient (Wildman–Crippen LogP) is 1.79. The van der Waals surface area contributed by atoms with Gasteiger partial charge in [-0.1, -0.05) is 11.8 Å². The van der Waals surface area contributed by atoms with E-state index in [2.05, 4.69) is 14.9 Å². The molecule has 0 unspecified atom stereocenters. The third-order valence-electron chi connectivity index (χ3n) is 5.28. The van der Waals surface area contributed by atoms with Gasteiger partial charge in [0.05, 0.1) is 0 Å². The van der Waals surface area contributed by atoms with Crippen LogP contribution in [0, 0.1) is 5.41 Å². The van der Waals surface area contributed by atoms with Gasteiger partial charge < -0.3 is 14.9 Å². The average Bonchev–Trinajstić information content (AvgIpc) is 2.63. The van der Waals surface area contributed by atoms with Gasteiger partial charge in [-0.3, -0.25) is 4.79 Å². The summed E-state index contributed by atoms with van der Waals surface area (Å²) in [5, 5.41) is 9.84. The van der Waals surface area contributed by atoms with Crippen LogP contribution in [-0.4, -0.2) is 64.9 Å². The van der Waals surface area contributed by atoms with Gasteiger partial charge in [-0.15, -0.1) is 0 Å². The number of aliphatic hydroxyl groups excluding tert-OH is 1. The largest absolute Gasteiger partial charge is 0.396 e. The third kappa shape index (κ3) is 3.83. The van der Waals surface area contributed by atoms with Crippen molar-refractivity contribution in [2.45, 2.75) is 37.3 Å². The molecule has 0 aromatic carbocycles. The molecule has 2 aliphatic rings. The molecule has 0 saturated carbocycles. The molecule has 0 radical (unpaired) electrons. The highest BCUT2D eigenvalue weighted by molar-refractivity contribution is 7.98. The molecule has 6 nitrogen and oxygen atoms in total. The van der Waals surface area contributed by atoms with Gasteiger partial charge in [0.15, 0.2) is 5.16 Å². The number of rotatable bonds is 5. The van der Waals surface area contributed by atoms with Gasteiger partial charge >= 0.3 is 0 Å². The van der Waals surface area contributed by atoms with Crippen molar-refractivity contribution < 1.29 is 9.90 Å². The van der Waals surface area contributed by atoms with E-state index >= 15 is 0 Å². The fraction of sp³-hybridized carbons (Fsp3) is 0.706. The molecule has 0 aliphatic carbocycles. The first-order chi connectivity index (χ1) is 11.7. The third-order valence-corrected chi connectivity index (χ3v) is 5.85. The highest BCUT2D eigenvalue weighted by Crippen LogP contribution is 2.41. The maximum absolute atomic E-state index is 12.1. The van der Waals surface area contributed by atoms with Gasteiger partial charge in [0.1, 0.15) is 5.82 Å². The Morgan fingerprint density at radius 1 is 1.33 bits per heavy atom. The number of carbonyl (C=O) groups is 1. The van der Waals surface area contributed by atoms with Gasteiger partial charge in [-0.25, -0.2) is 9.97 Å². The highest BCUT2D eigenvalue weighted by Gasteiger charge is 2.40. The molecule has 2 fully saturated rings. The summed E-state index contributed by atoms with van der Waals surface area (Å²) in [6, 6.07) is 1.98. The van der Waals surface area contributed by atoms with Crippen LogP contribution in [0.1, 0.15) is 32.1 Å². The van der Waals surface area contributed by atoms with Crippen molar-refractivity contribution in [1.29, 1.82) is 0 Å². The van der Waals surface area contributed by atoms with Crippen molar-refractivity contribution in [3.05, 3.63) is 12.3 Å². The Balaban J connectivity index is 1.62. The molecule has 3 rings (SSSR count). The maximum Gasteiger partial charge on any atom is 0.222 e. The summed E-state index contributed by atoms with van der Waals surface area (Å²) in [6.07, 6.45) is 8.32. The van der Waals surface area contributed by atoms with Crippen LogP contribution in [0.2, 0.25) is 0 Å². The van der Waals surface area contributed by atoms with Gasteiger partial charge in [-0.05, 0) is 43.4 Å². The van der Waals surface area contributed by atoms with E-state index in [0.717, 1.165) is 49.9 Å². The normalized spacial score (nSPS) is 20.7. The number of hydrogen-bond acceptors (Lipinski definition) is 6. The Morgan fingerprint density at radius 2 is 2.12 bits per heavy atom. The monoisotopic (exact) mass is 350 g/mol. The first-order valence-corrected chi connectivity index (χ1v) is 9.89. The lowest BCUT2D eigenvalue weighted by Gasteiger charge is -2.47. The van der Waals surface area contributed by atoms with Crippen LogP contribution in [0.25, 0.3) is 0 Å². The van der Waals surface area contributed by atoms with Crippen molar-refractivity contribution in [2.75, 3.05) is 43.9 Å². The number of likely N-dealkylation sites (tertiary alicyclic amines) is 1. The summed E-state index contributed by atoms with van der Waals surface area (Å²) in [7, 11) is 0. The van der Waals surface area contributed by atoms with E-state index in [1.165, 1.54) is 0 Å². The Labute approximate surface area is 147 Å². The Bertz CT molecular complexity index is 575. The number of aliphatic hydroxyl groups is 1. The molecular weight excluding hydrogens is 324 g/mol. The number of carbonyl (C=O) groups excluding carboxylic acids is 1. The Morgan fingerprint density at radius 3 is 2.83 bits per heavy atom. The van der Waals surface area contributed by atoms with Crippen LogP contribution in [-0.2, 0) is 4.79 Å². The molecule has 1 aromatic heterocycles. The molecule has 1 spiro atoms. The lowest BCUT2D eigenvalue weighted by Crippen LogP contribution is -2.51. The zero-order chi connectivity index (χ0) is 17.0. The number of thioether (sulfide) groups is 1. The number of piperidine rings is 2. The van der Waals surface area contributed by atoms with E-state index in [0.29, 0.717) is 19.4 Å². The van der Waals surface area contributed by atoms with Crippen LogP contribution in [0.4, 0.5) is 5.82 Å². The number of hydrogen-bond donors (Lipinski definition) is 1. The second kappa shape index (κ2) is 7.70. The minimum Gasteiger partial charge on any atom is -0.396 e. The molecule has 1 N–H and O–H groups in total. The fourth-order valence-corrected chi connectivity index (χ4v) is 4.14. The summed E-state index contributed by atoms with van der Waals surface area (Å²) < 4.78 is 0. The smallest absolute Gasteiger partial charge is 0.222 e. The molecule has 7 heteroatoms. The molecule has 24 heavy (non-hydrogen) atoms. The minimum absolute atomic E-state index is 0.149.